The predicted molar refractivity (Wildman–Crippen MR) is 123 cm³/mol. The quantitative estimate of drug-likeness (QED) is 0.165. The van der Waals surface area contributed by atoms with Crippen molar-refractivity contribution in [1.29, 1.82) is 0 Å². The van der Waals surface area contributed by atoms with E-state index in [0.717, 1.165) is 31.6 Å². The zero-order valence-electron chi connectivity index (χ0n) is 16.3. The number of rotatable bonds is 12. The number of benzene rings is 2. The third-order valence-corrected chi connectivity index (χ3v) is 6.15. The highest BCUT2D eigenvalue weighted by atomic mass is 32.2. The standard InChI is InChI=1S/C22H24N2O3S2/c1-4-17-6-9-19(10-7-17)27-15-26-16(3)13-28-22-24-20-12-18(23-14-25-5-2)8-11-21(20)29-22/h4,6-12,23H,1,3,5,13-15H2,2H3. The van der Waals surface area contributed by atoms with Gasteiger partial charge in [0, 0.05) is 12.3 Å². The molecule has 1 N–H and O–H groups in total. The van der Waals surface area contributed by atoms with Crippen LogP contribution in [0.1, 0.15) is 12.5 Å². The summed E-state index contributed by atoms with van der Waals surface area (Å²) in [5.41, 5.74) is 3.02. The minimum absolute atomic E-state index is 0.127. The summed E-state index contributed by atoms with van der Waals surface area (Å²) in [5.74, 6) is 2.01. The maximum absolute atomic E-state index is 5.57. The molecule has 7 heteroatoms. The zero-order valence-corrected chi connectivity index (χ0v) is 18.0. The molecular formula is C22H24N2O3S2. The molecule has 29 heavy (non-hydrogen) atoms. The summed E-state index contributed by atoms with van der Waals surface area (Å²) in [7, 11) is 0. The van der Waals surface area contributed by atoms with Crippen molar-refractivity contribution in [3.05, 3.63) is 66.9 Å². The van der Waals surface area contributed by atoms with Gasteiger partial charge in [-0.3, -0.25) is 0 Å². The molecule has 1 heterocycles. The molecule has 0 saturated carbocycles. The van der Waals surface area contributed by atoms with Crippen LogP contribution >= 0.6 is 23.1 Å². The Kier molecular flexibility index (Phi) is 7.98. The number of thioether (sulfide) groups is 1. The summed E-state index contributed by atoms with van der Waals surface area (Å²) in [6.07, 6.45) is 1.79. The van der Waals surface area contributed by atoms with Gasteiger partial charge in [-0.05, 0) is 42.8 Å². The minimum Gasteiger partial charge on any atom is -0.462 e. The van der Waals surface area contributed by atoms with Crippen LogP contribution in [0.2, 0.25) is 0 Å². The van der Waals surface area contributed by atoms with Gasteiger partial charge in [0.05, 0.1) is 16.0 Å². The van der Waals surface area contributed by atoms with Crippen LogP contribution in [-0.2, 0) is 9.47 Å². The second-order valence-electron chi connectivity index (χ2n) is 5.98. The van der Waals surface area contributed by atoms with Crippen molar-refractivity contribution in [3.8, 4) is 5.75 Å². The van der Waals surface area contributed by atoms with E-state index in [1.54, 1.807) is 29.2 Å². The average Bonchev–Trinajstić information content (AvgIpc) is 3.15. The number of aromatic nitrogens is 1. The van der Waals surface area contributed by atoms with Gasteiger partial charge in [0.2, 0.25) is 6.79 Å². The lowest BCUT2D eigenvalue weighted by molar-refractivity contribution is 0.0636. The third-order valence-electron chi connectivity index (χ3n) is 3.91. The monoisotopic (exact) mass is 428 g/mol. The van der Waals surface area contributed by atoms with Gasteiger partial charge < -0.3 is 19.5 Å². The van der Waals surface area contributed by atoms with Crippen molar-refractivity contribution in [1.82, 2.24) is 4.98 Å². The van der Waals surface area contributed by atoms with Crippen molar-refractivity contribution >= 4 is 45.1 Å². The smallest absolute Gasteiger partial charge is 0.230 e. The summed E-state index contributed by atoms with van der Waals surface area (Å²) in [5, 5.41) is 3.22. The number of nitrogens with one attached hydrogen (secondary N) is 1. The van der Waals surface area contributed by atoms with E-state index < -0.39 is 0 Å². The Morgan fingerprint density at radius 2 is 2.07 bits per heavy atom. The van der Waals surface area contributed by atoms with E-state index in [2.05, 4.69) is 29.5 Å². The number of hydrogen-bond donors (Lipinski definition) is 1. The average molecular weight is 429 g/mol. The van der Waals surface area contributed by atoms with E-state index in [-0.39, 0.29) is 6.79 Å². The first-order valence-corrected chi connectivity index (χ1v) is 11.0. The first kappa shape index (κ1) is 21.2. The van der Waals surface area contributed by atoms with Gasteiger partial charge in [-0.25, -0.2) is 4.98 Å². The van der Waals surface area contributed by atoms with Gasteiger partial charge >= 0.3 is 0 Å². The maximum atomic E-state index is 5.57. The van der Waals surface area contributed by atoms with Crippen LogP contribution in [0.4, 0.5) is 5.69 Å². The lowest BCUT2D eigenvalue weighted by Gasteiger charge is -2.10. The molecule has 1 aromatic heterocycles. The molecule has 0 amide bonds. The van der Waals surface area contributed by atoms with E-state index in [1.165, 1.54) is 0 Å². The SMILES string of the molecule is C=Cc1ccc(OCOC(=C)CSc2nc3cc(NCOCC)ccc3s2)cc1. The van der Waals surface area contributed by atoms with Gasteiger partial charge in [-0.1, -0.05) is 43.1 Å². The van der Waals surface area contributed by atoms with Crippen molar-refractivity contribution in [2.24, 2.45) is 0 Å². The molecule has 2 aromatic carbocycles. The Morgan fingerprint density at radius 1 is 1.24 bits per heavy atom. The number of hydrogen-bond acceptors (Lipinski definition) is 7. The normalized spacial score (nSPS) is 10.7. The second kappa shape index (κ2) is 10.9. The Bertz CT molecular complexity index is 954. The number of thiazole rings is 1. The molecule has 0 saturated heterocycles. The topological polar surface area (TPSA) is 52.6 Å². The molecule has 0 aliphatic rings. The number of ether oxygens (including phenoxy) is 3. The lowest BCUT2D eigenvalue weighted by Crippen LogP contribution is -2.05. The van der Waals surface area contributed by atoms with Crippen LogP contribution in [-0.4, -0.2) is 30.9 Å². The lowest BCUT2D eigenvalue weighted by atomic mass is 10.2. The van der Waals surface area contributed by atoms with Crippen LogP contribution in [0.15, 0.2) is 65.7 Å². The van der Waals surface area contributed by atoms with Gasteiger partial charge in [0.25, 0.3) is 0 Å². The molecule has 0 spiro atoms. The maximum Gasteiger partial charge on any atom is 0.230 e. The van der Waals surface area contributed by atoms with Crippen molar-refractivity contribution in [2.75, 3.05) is 31.2 Å². The molecule has 0 atom stereocenters. The van der Waals surface area contributed by atoms with E-state index in [0.29, 0.717) is 24.8 Å². The fourth-order valence-electron chi connectivity index (χ4n) is 2.38. The van der Waals surface area contributed by atoms with Crippen LogP contribution in [0.25, 0.3) is 16.3 Å². The van der Waals surface area contributed by atoms with Crippen LogP contribution in [0.3, 0.4) is 0 Å². The summed E-state index contributed by atoms with van der Waals surface area (Å²) >= 11 is 3.26. The molecule has 3 rings (SSSR count). The van der Waals surface area contributed by atoms with Crippen LogP contribution < -0.4 is 10.1 Å². The predicted octanol–water partition coefficient (Wildman–Crippen LogP) is 6.00. The Hall–Kier alpha value is -2.48. The number of nitrogens with zero attached hydrogens (tertiary/aromatic N) is 1. The van der Waals surface area contributed by atoms with E-state index in [9.17, 15) is 0 Å². The summed E-state index contributed by atoms with van der Waals surface area (Å²) in [6, 6.07) is 13.8. The zero-order chi connectivity index (χ0) is 20.5. The molecule has 0 aliphatic carbocycles. The fourth-order valence-corrected chi connectivity index (χ4v) is 4.27. The molecule has 0 fully saturated rings. The van der Waals surface area contributed by atoms with E-state index >= 15 is 0 Å². The third kappa shape index (κ3) is 6.52. The van der Waals surface area contributed by atoms with Gasteiger partial charge in [-0.15, -0.1) is 11.3 Å². The Labute approximate surface area is 179 Å². The second-order valence-corrected chi connectivity index (χ2v) is 8.24. The Balaban J connectivity index is 1.44. The van der Waals surface area contributed by atoms with Crippen molar-refractivity contribution in [2.45, 2.75) is 11.3 Å². The van der Waals surface area contributed by atoms with Gasteiger partial charge in [-0.2, -0.15) is 0 Å². The largest absolute Gasteiger partial charge is 0.462 e. The first-order valence-electron chi connectivity index (χ1n) is 9.19. The molecular weight excluding hydrogens is 404 g/mol. The minimum atomic E-state index is 0.127. The highest BCUT2D eigenvalue weighted by Gasteiger charge is 2.07. The summed E-state index contributed by atoms with van der Waals surface area (Å²) < 4.78 is 18.6. The molecule has 0 bridgehead atoms. The fraction of sp³-hybridized carbons (Fsp3) is 0.227. The molecule has 5 nitrogen and oxygen atoms in total. The summed E-state index contributed by atoms with van der Waals surface area (Å²) in [6.45, 7) is 11.0. The van der Waals surface area contributed by atoms with Gasteiger partial charge in [0.1, 0.15) is 18.2 Å². The molecule has 3 aromatic rings. The van der Waals surface area contributed by atoms with Gasteiger partial charge in [0.15, 0.2) is 4.34 Å². The first-order chi connectivity index (χ1) is 14.2. The van der Waals surface area contributed by atoms with Crippen molar-refractivity contribution < 1.29 is 14.2 Å². The Morgan fingerprint density at radius 3 is 2.83 bits per heavy atom. The molecule has 0 aliphatic heterocycles. The van der Waals surface area contributed by atoms with Crippen LogP contribution in [0, 0.1) is 0 Å². The highest BCUT2D eigenvalue weighted by Crippen LogP contribution is 2.31. The van der Waals surface area contributed by atoms with E-state index in [4.69, 9.17) is 14.2 Å². The van der Waals surface area contributed by atoms with Crippen LogP contribution in [0.5, 0.6) is 5.75 Å². The molecule has 152 valence electrons. The number of fused-ring (bicyclic) bond motifs is 1. The molecule has 0 unspecified atom stereocenters. The number of anilines is 1. The van der Waals surface area contributed by atoms with Crippen molar-refractivity contribution in [3.63, 3.8) is 0 Å². The summed E-state index contributed by atoms with van der Waals surface area (Å²) in [4.78, 5) is 4.68. The highest BCUT2D eigenvalue weighted by molar-refractivity contribution is 8.01. The van der Waals surface area contributed by atoms with E-state index in [1.807, 2.05) is 43.3 Å². The molecule has 0 radical (unpaired) electrons.